The number of para-hydroxylation sites is 1. The number of benzene rings is 2. The van der Waals surface area contributed by atoms with Crippen molar-refractivity contribution in [3.8, 4) is 11.5 Å². The van der Waals surface area contributed by atoms with Crippen molar-refractivity contribution < 1.29 is 19.4 Å². The minimum atomic E-state index is -0.961. The number of amides is 1. The van der Waals surface area contributed by atoms with E-state index in [0.717, 1.165) is 5.75 Å². The third-order valence-electron chi connectivity index (χ3n) is 3.30. The Morgan fingerprint density at radius 1 is 1.04 bits per heavy atom. The van der Waals surface area contributed by atoms with Gasteiger partial charge in [-0.1, -0.05) is 18.2 Å². The summed E-state index contributed by atoms with van der Waals surface area (Å²) in [7, 11) is 0. The molecule has 4 N–H and O–H groups in total. The fourth-order valence-corrected chi connectivity index (χ4v) is 2.10. The maximum absolute atomic E-state index is 11.8. The summed E-state index contributed by atoms with van der Waals surface area (Å²) in [5.74, 6) is 0.244. The highest BCUT2D eigenvalue weighted by molar-refractivity contribution is 5.90. The number of carboxylic acids is 1. The standard InChI is InChI=1S/C18H20N2O4/c19-13(12-18(22)23)6-11-17(21)20-14-7-9-16(10-8-14)24-15-4-2-1-3-5-15/h1-5,7-10,13H,6,11-12,19H2,(H,20,21)(H,22,23). The smallest absolute Gasteiger partial charge is 0.304 e. The Bertz CT molecular complexity index is 671. The molecule has 2 aromatic carbocycles. The van der Waals surface area contributed by atoms with Crippen molar-refractivity contribution >= 4 is 17.6 Å². The van der Waals surface area contributed by atoms with Crippen LogP contribution in [-0.2, 0) is 9.59 Å². The number of nitrogens with one attached hydrogen (secondary N) is 1. The minimum absolute atomic E-state index is 0.140. The highest BCUT2D eigenvalue weighted by Crippen LogP contribution is 2.22. The Kier molecular flexibility index (Phi) is 6.33. The molecule has 1 amide bonds. The van der Waals surface area contributed by atoms with Gasteiger partial charge in [0.25, 0.3) is 0 Å². The van der Waals surface area contributed by atoms with Crippen molar-refractivity contribution in [2.75, 3.05) is 5.32 Å². The summed E-state index contributed by atoms with van der Waals surface area (Å²) in [6, 6.07) is 15.9. The maximum atomic E-state index is 11.8. The van der Waals surface area contributed by atoms with Crippen LogP contribution in [0.5, 0.6) is 11.5 Å². The second-order valence-electron chi connectivity index (χ2n) is 5.38. The fourth-order valence-electron chi connectivity index (χ4n) is 2.10. The number of carbonyl (C=O) groups is 2. The summed E-state index contributed by atoms with van der Waals surface area (Å²) in [4.78, 5) is 22.3. The van der Waals surface area contributed by atoms with E-state index in [-0.39, 0.29) is 18.7 Å². The van der Waals surface area contributed by atoms with Crippen LogP contribution < -0.4 is 15.8 Å². The lowest BCUT2D eigenvalue weighted by molar-refractivity contribution is -0.137. The topological polar surface area (TPSA) is 102 Å². The van der Waals surface area contributed by atoms with Gasteiger partial charge in [-0.25, -0.2) is 0 Å². The molecular weight excluding hydrogens is 308 g/mol. The van der Waals surface area contributed by atoms with Gasteiger partial charge < -0.3 is 20.9 Å². The number of aliphatic carboxylic acids is 1. The van der Waals surface area contributed by atoms with Gasteiger partial charge in [-0.3, -0.25) is 9.59 Å². The number of hydrogen-bond acceptors (Lipinski definition) is 4. The monoisotopic (exact) mass is 328 g/mol. The molecule has 0 bridgehead atoms. The van der Waals surface area contributed by atoms with E-state index in [2.05, 4.69) is 5.32 Å². The molecule has 0 aliphatic carbocycles. The van der Waals surface area contributed by atoms with Crippen LogP contribution in [0.15, 0.2) is 54.6 Å². The lowest BCUT2D eigenvalue weighted by Gasteiger charge is -2.10. The highest BCUT2D eigenvalue weighted by Gasteiger charge is 2.11. The molecule has 0 saturated heterocycles. The van der Waals surface area contributed by atoms with Gasteiger partial charge in [0, 0.05) is 18.2 Å². The summed E-state index contributed by atoms with van der Waals surface area (Å²) in [6.45, 7) is 0. The number of hydrogen-bond donors (Lipinski definition) is 3. The number of rotatable bonds is 8. The molecule has 0 fully saturated rings. The number of carbonyl (C=O) groups excluding carboxylic acids is 1. The van der Waals surface area contributed by atoms with E-state index in [1.54, 1.807) is 24.3 Å². The van der Waals surface area contributed by atoms with Gasteiger partial charge in [0.05, 0.1) is 6.42 Å². The molecule has 0 radical (unpaired) electrons. The van der Waals surface area contributed by atoms with Gasteiger partial charge in [-0.05, 0) is 42.8 Å². The summed E-state index contributed by atoms with van der Waals surface area (Å²) in [6.07, 6.45) is 0.364. The number of ether oxygens (including phenoxy) is 1. The zero-order valence-corrected chi connectivity index (χ0v) is 13.1. The molecule has 1 atom stereocenters. The number of nitrogens with two attached hydrogens (primary N) is 1. The second-order valence-corrected chi connectivity index (χ2v) is 5.38. The van der Waals surface area contributed by atoms with E-state index in [0.29, 0.717) is 17.9 Å². The Morgan fingerprint density at radius 3 is 2.29 bits per heavy atom. The summed E-state index contributed by atoms with van der Waals surface area (Å²) in [5, 5.41) is 11.4. The van der Waals surface area contributed by atoms with Gasteiger partial charge in [0.15, 0.2) is 0 Å². The van der Waals surface area contributed by atoms with Crippen LogP contribution in [0.25, 0.3) is 0 Å². The van der Waals surface area contributed by atoms with E-state index >= 15 is 0 Å². The van der Waals surface area contributed by atoms with Crippen molar-refractivity contribution in [3.63, 3.8) is 0 Å². The third kappa shape index (κ3) is 6.10. The van der Waals surface area contributed by atoms with Crippen molar-refractivity contribution in [1.29, 1.82) is 0 Å². The average Bonchev–Trinajstić information content (AvgIpc) is 2.55. The van der Waals surface area contributed by atoms with Crippen LogP contribution in [0.3, 0.4) is 0 Å². The summed E-state index contributed by atoms with van der Waals surface area (Å²) < 4.78 is 5.67. The molecule has 0 aromatic heterocycles. The Hall–Kier alpha value is -2.86. The Labute approximate surface area is 140 Å². The second kappa shape index (κ2) is 8.69. The van der Waals surface area contributed by atoms with Crippen molar-refractivity contribution in [2.24, 2.45) is 5.73 Å². The molecule has 0 aliphatic heterocycles. The largest absolute Gasteiger partial charge is 0.481 e. The maximum Gasteiger partial charge on any atom is 0.304 e. The van der Waals surface area contributed by atoms with Crippen LogP contribution in [0, 0.1) is 0 Å². The van der Waals surface area contributed by atoms with E-state index in [1.807, 2.05) is 30.3 Å². The number of anilines is 1. The highest BCUT2D eigenvalue weighted by atomic mass is 16.5. The van der Waals surface area contributed by atoms with E-state index < -0.39 is 12.0 Å². The molecule has 0 aliphatic rings. The summed E-state index contributed by atoms with van der Waals surface area (Å²) in [5.41, 5.74) is 6.28. The molecular formula is C18H20N2O4. The lowest BCUT2D eigenvalue weighted by atomic mass is 10.1. The van der Waals surface area contributed by atoms with Gasteiger partial charge >= 0.3 is 5.97 Å². The van der Waals surface area contributed by atoms with Crippen LogP contribution in [0.2, 0.25) is 0 Å². The van der Waals surface area contributed by atoms with E-state index in [1.165, 1.54) is 0 Å². The SMILES string of the molecule is NC(CCC(=O)Nc1ccc(Oc2ccccc2)cc1)CC(=O)O. The van der Waals surface area contributed by atoms with Crippen molar-refractivity contribution in [2.45, 2.75) is 25.3 Å². The van der Waals surface area contributed by atoms with Gasteiger partial charge in [0.1, 0.15) is 11.5 Å². The molecule has 0 spiro atoms. The first-order chi connectivity index (χ1) is 11.5. The van der Waals surface area contributed by atoms with E-state index in [9.17, 15) is 9.59 Å². The normalized spacial score (nSPS) is 11.5. The fraction of sp³-hybridized carbons (Fsp3) is 0.222. The van der Waals surface area contributed by atoms with Crippen molar-refractivity contribution in [3.05, 3.63) is 54.6 Å². The minimum Gasteiger partial charge on any atom is -0.481 e. The van der Waals surface area contributed by atoms with Crippen LogP contribution in [-0.4, -0.2) is 23.0 Å². The van der Waals surface area contributed by atoms with Gasteiger partial charge in [-0.15, -0.1) is 0 Å². The van der Waals surface area contributed by atoms with Gasteiger partial charge in [0.2, 0.25) is 5.91 Å². The molecule has 6 nitrogen and oxygen atoms in total. The molecule has 6 heteroatoms. The molecule has 0 heterocycles. The Morgan fingerprint density at radius 2 is 1.67 bits per heavy atom. The first-order valence-electron chi connectivity index (χ1n) is 7.63. The zero-order valence-electron chi connectivity index (χ0n) is 13.1. The lowest BCUT2D eigenvalue weighted by Crippen LogP contribution is -2.25. The van der Waals surface area contributed by atoms with Gasteiger partial charge in [-0.2, -0.15) is 0 Å². The molecule has 1 unspecified atom stereocenters. The van der Waals surface area contributed by atoms with Crippen LogP contribution >= 0.6 is 0 Å². The quantitative estimate of drug-likeness (QED) is 0.691. The van der Waals surface area contributed by atoms with E-state index in [4.69, 9.17) is 15.6 Å². The third-order valence-corrected chi connectivity index (χ3v) is 3.30. The Balaban J connectivity index is 1.80. The first-order valence-corrected chi connectivity index (χ1v) is 7.63. The zero-order chi connectivity index (χ0) is 17.4. The first kappa shape index (κ1) is 17.5. The predicted molar refractivity (Wildman–Crippen MR) is 91.0 cm³/mol. The molecule has 0 saturated carbocycles. The predicted octanol–water partition coefficient (Wildman–Crippen LogP) is 3.00. The van der Waals surface area contributed by atoms with Crippen LogP contribution in [0.4, 0.5) is 5.69 Å². The average molecular weight is 328 g/mol. The molecule has 126 valence electrons. The number of carboxylic acid groups (broad SMARTS) is 1. The summed E-state index contributed by atoms with van der Waals surface area (Å²) >= 11 is 0. The van der Waals surface area contributed by atoms with Crippen molar-refractivity contribution in [1.82, 2.24) is 0 Å². The molecule has 2 aromatic rings. The van der Waals surface area contributed by atoms with Crippen LogP contribution in [0.1, 0.15) is 19.3 Å². The molecule has 2 rings (SSSR count). The molecule has 24 heavy (non-hydrogen) atoms.